The summed E-state index contributed by atoms with van der Waals surface area (Å²) in [7, 11) is 1.74. The van der Waals surface area contributed by atoms with Crippen LogP contribution in [0.5, 0.6) is 0 Å². The van der Waals surface area contributed by atoms with E-state index in [0.717, 1.165) is 19.5 Å². The summed E-state index contributed by atoms with van der Waals surface area (Å²) in [6.45, 7) is 4.05. The van der Waals surface area contributed by atoms with Crippen molar-refractivity contribution < 1.29 is 9.94 Å². The SMILES string of the molecule is COC1CCN(C(C)CC(N)=NO)C1. The second-order valence-corrected chi connectivity index (χ2v) is 3.79. The first-order valence-electron chi connectivity index (χ1n) is 4.90. The van der Waals surface area contributed by atoms with E-state index in [9.17, 15) is 0 Å². The van der Waals surface area contributed by atoms with Crippen molar-refractivity contribution in [2.24, 2.45) is 10.9 Å². The van der Waals surface area contributed by atoms with Crippen LogP contribution in [0.1, 0.15) is 19.8 Å². The molecule has 14 heavy (non-hydrogen) atoms. The summed E-state index contributed by atoms with van der Waals surface area (Å²) in [5.74, 6) is 0.290. The summed E-state index contributed by atoms with van der Waals surface area (Å²) in [6, 6.07) is 0.311. The maximum absolute atomic E-state index is 8.44. The molecule has 2 atom stereocenters. The molecule has 0 aromatic rings. The molecule has 0 amide bonds. The Balaban J connectivity index is 2.35. The molecule has 1 saturated heterocycles. The van der Waals surface area contributed by atoms with Crippen molar-refractivity contribution in [1.82, 2.24) is 4.90 Å². The van der Waals surface area contributed by atoms with E-state index >= 15 is 0 Å². The van der Waals surface area contributed by atoms with Crippen LogP contribution in [0.2, 0.25) is 0 Å². The van der Waals surface area contributed by atoms with Gasteiger partial charge in [-0.05, 0) is 13.3 Å². The number of likely N-dealkylation sites (tertiary alicyclic amines) is 1. The molecule has 1 rings (SSSR count). The summed E-state index contributed by atoms with van der Waals surface area (Å²) >= 11 is 0. The summed E-state index contributed by atoms with van der Waals surface area (Å²) in [5, 5.41) is 11.4. The smallest absolute Gasteiger partial charge is 0.140 e. The van der Waals surface area contributed by atoms with Crippen LogP contribution < -0.4 is 5.73 Å². The zero-order valence-corrected chi connectivity index (χ0v) is 8.81. The highest BCUT2D eigenvalue weighted by Crippen LogP contribution is 2.16. The van der Waals surface area contributed by atoms with Crippen molar-refractivity contribution in [3.8, 4) is 0 Å². The van der Waals surface area contributed by atoms with Crippen molar-refractivity contribution in [3.63, 3.8) is 0 Å². The average Bonchev–Trinajstić information content (AvgIpc) is 2.65. The highest BCUT2D eigenvalue weighted by molar-refractivity contribution is 5.80. The monoisotopic (exact) mass is 201 g/mol. The van der Waals surface area contributed by atoms with Crippen LogP contribution in [-0.2, 0) is 4.74 Å². The third-order valence-electron chi connectivity index (χ3n) is 2.77. The Bertz CT molecular complexity index is 208. The van der Waals surface area contributed by atoms with Gasteiger partial charge in [-0.1, -0.05) is 5.16 Å². The van der Waals surface area contributed by atoms with Gasteiger partial charge >= 0.3 is 0 Å². The molecule has 1 aliphatic heterocycles. The fourth-order valence-electron chi connectivity index (χ4n) is 1.82. The molecule has 0 spiro atoms. The van der Waals surface area contributed by atoms with Gasteiger partial charge in [0, 0.05) is 32.7 Å². The van der Waals surface area contributed by atoms with E-state index in [1.54, 1.807) is 7.11 Å². The predicted molar refractivity (Wildman–Crippen MR) is 54.5 cm³/mol. The number of amidine groups is 1. The first kappa shape index (κ1) is 11.3. The molecule has 0 saturated carbocycles. The fourth-order valence-corrected chi connectivity index (χ4v) is 1.82. The Morgan fingerprint density at radius 1 is 1.79 bits per heavy atom. The maximum Gasteiger partial charge on any atom is 0.140 e. The lowest BCUT2D eigenvalue weighted by atomic mass is 10.2. The van der Waals surface area contributed by atoms with Gasteiger partial charge < -0.3 is 15.7 Å². The number of ether oxygens (including phenoxy) is 1. The first-order chi connectivity index (χ1) is 6.67. The highest BCUT2D eigenvalue weighted by atomic mass is 16.5. The summed E-state index contributed by atoms with van der Waals surface area (Å²) in [4.78, 5) is 2.30. The van der Waals surface area contributed by atoms with Gasteiger partial charge in [-0.2, -0.15) is 0 Å². The maximum atomic E-state index is 8.44. The molecule has 2 unspecified atom stereocenters. The van der Waals surface area contributed by atoms with Crippen molar-refractivity contribution in [1.29, 1.82) is 0 Å². The topological polar surface area (TPSA) is 71.1 Å². The Kier molecular flexibility index (Phi) is 4.16. The third kappa shape index (κ3) is 2.85. The fraction of sp³-hybridized carbons (Fsp3) is 0.889. The number of oxime groups is 1. The molecule has 0 radical (unpaired) electrons. The van der Waals surface area contributed by atoms with E-state index in [1.165, 1.54) is 0 Å². The van der Waals surface area contributed by atoms with Gasteiger partial charge in [0.15, 0.2) is 0 Å². The van der Waals surface area contributed by atoms with Crippen LogP contribution in [-0.4, -0.2) is 48.3 Å². The summed E-state index contributed by atoms with van der Waals surface area (Å²) in [5.41, 5.74) is 5.45. The zero-order valence-electron chi connectivity index (χ0n) is 8.81. The largest absolute Gasteiger partial charge is 0.409 e. The van der Waals surface area contributed by atoms with E-state index in [4.69, 9.17) is 15.7 Å². The molecule has 0 aliphatic carbocycles. The average molecular weight is 201 g/mol. The summed E-state index contributed by atoms with van der Waals surface area (Å²) < 4.78 is 5.27. The van der Waals surface area contributed by atoms with Crippen LogP contribution in [0, 0.1) is 0 Å². The first-order valence-corrected chi connectivity index (χ1v) is 4.90. The van der Waals surface area contributed by atoms with Gasteiger partial charge in [-0.15, -0.1) is 0 Å². The number of nitrogens with two attached hydrogens (primary N) is 1. The minimum Gasteiger partial charge on any atom is -0.409 e. The van der Waals surface area contributed by atoms with Crippen molar-refractivity contribution >= 4 is 5.84 Å². The van der Waals surface area contributed by atoms with Crippen LogP contribution in [0.3, 0.4) is 0 Å². The zero-order chi connectivity index (χ0) is 10.6. The molecular weight excluding hydrogens is 182 g/mol. The van der Waals surface area contributed by atoms with Crippen molar-refractivity contribution in [2.75, 3.05) is 20.2 Å². The Hall–Kier alpha value is -0.810. The lowest BCUT2D eigenvalue weighted by molar-refractivity contribution is 0.103. The standard InChI is InChI=1S/C9H19N3O2/c1-7(5-9(10)11-13)12-4-3-8(6-12)14-2/h7-8,13H,3-6H2,1-2H3,(H2,10,11). The van der Waals surface area contributed by atoms with E-state index in [2.05, 4.69) is 17.0 Å². The number of nitrogens with zero attached hydrogens (tertiary/aromatic N) is 2. The minimum absolute atomic E-state index is 0.290. The predicted octanol–water partition coefficient (Wildman–Crippen LogP) is 0.232. The van der Waals surface area contributed by atoms with Crippen LogP contribution in [0.25, 0.3) is 0 Å². The molecule has 5 heteroatoms. The molecule has 0 bridgehead atoms. The van der Waals surface area contributed by atoms with Gasteiger partial charge in [-0.3, -0.25) is 4.90 Å². The molecule has 5 nitrogen and oxygen atoms in total. The normalized spacial score (nSPS) is 26.7. The highest BCUT2D eigenvalue weighted by Gasteiger charge is 2.26. The molecule has 1 fully saturated rings. The Morgan fingerprint density at radius 3 is 3.00 bits per heavy atom. The molecule has 0 aromatic carbocycles. The van der Waals surface area contributed by atoms with E-state index < -0.39 is 0 Å². The molecule has 82 valence electrons. The summed E-state index contributed by atoms with van der Waals surface area (Å²) in [6.07, 6.45) is 2.01. The number of hydrogen-bond acceptors (Lipinski definition) is 4. The molecular formula is C9H19N3O2. The third-order valence-corrected chi connectivity index (χ3v) is 2.77. The van der Waals surface area contributed by atoms with E-state index in [0.29, 0.717) is 24.4 Å². The van der Waals surface area contributed by atoms with Crippen LogP contribution in [0.15, 0.2) is 5.16 Å². The second-order valence-electron chi connectivity index (χ2n) is 3.79. The van der Waals surface area contributed by atoms with Crippen LogP contribution >= 0.6 is 0 Å². The molecule has 0 aromatic heterocycles. The second kappa shape index (κ2) is 5.17. The van der Waals surface area contributed by atoms with Gasteiger partial charge in [0.25, 0.3) is 0 Å². The van der Waals surface area contributed by atoms with Crippen molar-refractivity contribution in [3.05, 3.63) is 0 Å². The van der Waals surface area contributed by atoms with Crippen LogP contribution in [0.4, 0.5) is 0 Å². The van der Waals surface area contributed by atoms with Gasteiger partial charge in [-0.25, -0.2) is 0 Å². The number of rotatable bonds is 4. The van der Waals surface area contributed by atoms with E-state index in [1.807, 2.05) is 0 Å². The molecule has 1 aliphatic rings. The van der Waals surface area contributed by atoms with Crippen molar-refractivity contribution in [2.45, 2.75) is 31.9 Å². The number of hydrogen-bond donors (Lipinski definition) is 2. The van der Waals surface area contributed by atoms with E-state index in [-0.39, 0.29) is 0 Å². The van der Waals surface area contributed by atoms with Gasteiger partial charge in [0.05, 0.1) is 6.10 Å². The Morgan fingerprint density at radius 2 is 2.50 bits per heavy atom. The molecule has 1 heterocycles. The van der Waals surface area contributed by atoms with Gasteiger partial charge in [0.2, 0.25) is 0 Å². The lowest BCUT2D eigenvalue weighted by Crippen LogP contribution is -2.35. The lowest BCUT2D eigenvalue weighted by Gasteiger charge is -2.23. The Labute approximate surface area is 84.5 Å². The minimum atomic E-state index is 0.290. The number of methoxy groups -OCH3 is 1. The van der Waals surface area contributed by atoms with Gasteiger partial charge in [0.1, 0.15) is 5.84 Å². The quantitative estimate of drug-likeness (QED) is 0.296. The molecule has 3 N–H and O–H groups in total.